The van der Waals surface area contributed by atoms with E-state index in [1.54, 1.807) is 6.07 Å². The van der Waals surface area contributed by atoms with Crippen LogP contribution in [0.5, 0.6) is 5.75 Å². The maximum absolute atomic E-state index is 11.6. The summed E-state index contributed by atoms with van der Waals surface area (Å²) in [5, 5.41) is 0.701. The summed E-state index contributed by atoms with van der Waals surface area (Å²) < 4.78 is 10.8. The molecule has 0 aliphatic heterocycles. The molecule has 1 aromatic rings. The zero-order chi connectivity index (χ0) is 16.2. The number of rotatable bonds is 11. The Balaban J connectivity index is 2.05. The molecule has 0 bridgehead atoms. The number of unbranched alkanes of at least 4 members (excludes halogenated alkanes) is 4. The van der Waals surface area contributed by atoms with Gasteiger partial charge in [-0.1, -0.05) is 44.2 Å². The zero-order valence-corrected chi connectivity index (χ0v) is 14.5. The monoisotopic (exact) mass is 326 g/mol. The lowest BCUT2D eigenvalue weighted by Crippen LogP contribution is -2.08. The predicted molar refractivity (Wildman–Crippen MR) is 90.6 cm³/mol. The molecule has 0 heterocycles. The van der Waals surface area contributed by atoms with Gasteiger partial charge in [-0.2, -0.15) is 0 Å². The molecular weight excluding hydrogens is 300 g/mol. The number of benzene rings is 1. The summed E-state index contributed by atoms with van der Waals surface area (Å²) in [5.41, 5.74) is 1.00. The smallest absolute Gasteiger partial charge is 0.305 e. The van der Waals surface area contributed by atoms with Gasteiger partial charge in [0.1, 0.15) is 5.75 Å². The number of halogens is 1. The molecule has 0 aliphatic carbocycles. The Morgan fingerprint density at radius 2 is 1.86 bits per heavy atom. The first-order valence-corrected chi connectivity index (χ1v) is 8.56. The molecule has 0 saturated carbocycles. The molecule has 0 fully saturated rings. The lowest BCUT2D eigenvalue weighted by Gasteiger charge is -2.09. The van der Waals surface area contributed by atoms with E-state index in [0.29, 0.717) is 31.1 Å². The quantitative estimate of drug-likeness (QED) is 0.408. The van der Waals surface area contributed by atoms with Crippen molar-refractivity contribution in [2.24, 2.45) is 0 Å². The van der Waals surface area contributed by atoms with E-state index in [9.17, 15) is 4.79 Å². The summed E-state index contributed by atoms with van der Waals surface area (Å²) in [4.78, 5) is 11.6. The van der Waals surface area contributed by atoms with Crippen LogP contribution in [0.1, 0.15) is 57.4 Å². The van der Waals surface area contributed by atoms with Crippen molar-refractivity contribution in [3.8, 4) is 5.75 Å². The van der Waals surface area contributed by atoms with E-state index in [0.717, 1.165) is 24.2 Å². The van der Waals surface area contributed by atoms with Crippen LogP contribution in [0, 0.1) is 6.92 Å². The number of hydrogen-bond donors (Lipinski definition) is 0. The van der Waals surface area contributed by atoms with Crippen molar-refractivity contribution in [1.29, 1.82) is 0 Å². The topological polar surface area (TPSA) is 35.5 Å². The number of hydrogen-bond acceptors (Lipinski definition) is 3. The van der Waals surface area contributed by atoms with E-state index in [1.165, 1.54) is 19.3 Å². The summed E-state index contributed by atoms with van der Waals surface area (Å²) in [6.07, 6.45) is 6.88. The number of carbonyl (C=O) groups excluding carboxylic acids is 1. The normalized spacial score (nSPS) is 10.5. The Labute approximate surface area is 139 Å². The minimum atomic E-state index is -0.132. The minimum absolute atomic E-state index is 0.132. The molecule has 0 N–H and O–H groups in total. The molecule has 4 heteroatoms. The highest BCUT2D eigenvalue weighted by molar-refractivity contribution is 6.30. The Morgan fingerprint density at radius 1 is 1.09 bits per heavy atom. The van der Waals surface area contributed by atoms with Crippen LogP contribution in [-0.4, -0.2) is 19.2 Å². The van der Waals surface area contributed by atoms with Crippen LogP contribution in [0.15, 0.2) is 18.2 Å². The van der Waals surface area contributed by atoms with Crippen LogP contribution in [0.25, 0.3) is 0 Å². The van der Waals surface area contributed by atoms with E-state index < -0.39 is 0 Å². The number of esters is 1. The molecular formula is C18H27ClO3. The van der Waals surface area contributed by atoms with E-state index in [2.05, 4.69) is 6.92 Å². The van der Waals surface area contributed by atoms with Gasteiger partial charge in [0.2, 0.25) is 0 Å². The Morgan fingerprint density at radius 3 is 2.59 bits per heavy atom. The van der Waals surface area contributed by atoms with Gasteiger partial charge in [-0.05, 0) is 43.5 Å². The van der Waals surface area contributed by atoms with E-state index in [4.69, 9.17) is 21.1 Å². The fourth-order valence-electron chi connectivity index (χ4n) is 2.14. The van der Waals surface area contributed by atoms with Crippen LogP contribution in [0.4, 0.5) is 0 Å². The standard InChI is InChI=1S/C18H27ClO3/c1-3-4-5-6-7-12-22-18(20)9-8-13-21-17-11-10-16(19)14-15(17)2/h10-11,14H,3-9,12-13H2,1-2H3. The van der Waals surface area contributed by atoms with Crippen molar-refractivity contribution in [2.45, 2.75) is 58.8 Å². The molecule has 0 amide bonds. The third-order valence-electron chi connectivity index (χ3n) is 3.43. The van der Waals surface area contributed by atoms with Crippen molar-refractivity contribution in [3.05, 3.63) is 28.8 Å². The highest BCUT2D eigenvalue weighted by atomic mass is 35.5. The average molecular weight is 327 g/mol. The molecule has 0 saturated heterocycles. The van der Waals surface area contributed by atoms with Gasteiger partial charge in [-0.3, -0.25) is 4.79 Å². The molecule has 0 spiro atoms. The van der Waals surface area contributed by atoms with E-state index in [-0.39, 0.29) is 5.97 Å². The molecule has 0 atom stereocenters. The number of ether oxygens (including phenoxy) is 2. The lowest BCUT2D eigenvalue weighted by atomic mass is 10.2. The minimum Gasteiger partial charge on any atom is -0.493 e. The first kappa shape index (κ1) is 18.8. The van der Waals surface area contributed by atoms with E-state index >= 15 is 0 Å². The Kier molecular flexibility index (Phi) is 9.72. The van der Waals surface area contributed by atoms with Crippen molar-refractivity contribution < 1.29 is 14.3 Å². The summed E-state index contributed by atoms with van der Waals surface area (Å²) >= 11 is 5.89. The van der Waals surface area contributed by atoms with Gasteiger partial charge in [-0.25, -0.2) is 0 Å². The molecule has 22 heavy (non-hydrogen) atoms. The van der Waals surface area contributed by atoms with Crippen LogP contribution in [0.3, 0.4) is 0 Å². The Hall–Kier alpha value is -1.22. The molecule has 1 rings (SSSR count). The van der Waals surface area contributed by atoms with Crippen molar-refractivity contribution >= 4 is 17.6 Å². The summed E-state index contributed by atoms with van der Waals surface area (Å²) in [7, 11) is 0. The van der Waals surface area contributed by atoms with Gasteiger partial charge in [0.25, 0.3) is 0 Å². The molecule has 0 aromatic heterocycles. The molecule has 3 nitrogen and oxygen atoms in total. The summed E-state index contributed by atoms with van der Waals surface area (Å²) in [6, 6.07) is 5.52. The van der Waals surface area contributed by atoms with Gasteiger partial charge in [0.05, 0.1) is 13.2 Å². The lowest BCUT2D eigenvalue weighted by molar-refractivity contribution is -0.144. The van der Waals surface area contributed by atoms with Crippen LogP contribution < -0.4 is 4.74 Å². The third-order valence-corrected chi connectivity index (χ3v) is 3.67. The summed E-state index contributed by atoms with van der Waals surface area (Å²) in [5.74, 6) is 0.681. The molecule has 0 unspecified atom stereocenters. The van der Waals surface area contributed by atoms with E-state index in [1.807, 2.05) is 19.1 Å². The third kappa shape index (κ3) is 8.28. The van der Waals surface area contributed by atoms with Crippen molar-refractivity contribution in [2.75, 3.05) is 13.2 Å². The maximum Gasteiger partial charge on any atom is 0.305 e. The van der Waals surface area contributed by atoms with Gasteiger partial charge >= 0.3 is 5.97 Å². The van der Waals surface area contributed by atoms with Gasteiger partial charge in [-0.15, -0.1) is 0 Å². The zero-order valence-electron chi connectivity index (χ0n) is 13.7. The van der Waals surface area contributed by atoms with Gasteiger partial charge in [0.15, 0.2) is 0 Å². The molecule has 1 aromatic carbocycles. The number of aryl methyl sites for hydroxylation is 1. The second kappa shape index (κ2) is 11.4. The largest absolute Gasteiger partial charge is 0.493 e. The van der Waals surface area contributed by atoms with Crippen LogP contribution in [-0.2, 0) is 9.53 Å². The molecule has 124 valence electrons. The average Bonchev–Trinajstić information content (AvgIpc) is 2.49. The van der Waals surface area contributed by atoms with Crippen molar-refractivity contribution in [1.82, 2.24) is 0 Å². The maximum atomic E-state index is 11.6. The first-order chi connectivity index (χ1) is 10.6. The molecule has 0 radical (unpaired) electrons. The van der Waals surface area contributed by atoms with Crippen LogP contribution in [0.2, 0.25) is 5.02 Å². The van der Waals surface area contributed by atoms with Crippen LogP contribution >= 0.6 is 11.6 Å². The highest BCUT2D eigenvalue weighted by Gasteiger charge is 2.04. The predicted octanol–water partition coefficient (Wildman–Crippen LogP) is 5.32. The fraction of sp³-hybridized carbons (Fsp3) is 0.611. The van der Waals surface area contributed by atoms with Crippen molar-refractivity contribution in [3.63, 3.8) is 0 Å². The van der Waals surface area contributed by atoms with Gasteiger partial charge < -0.3 is 9.47 Å². The summed E-state index contributed by atoms with van der Waals surface area (Å²) in [6.45, 7) is 5.19. The van der Waals surface area contributed by atoms with Gasteiger partial charge in [0, 0.05) is 11.4 Å². The second-order valence-corrected chi connectivity index (χ2v) is 5.93. The fourth-order valence-corrected chi connectivity index (χ4v) is 2.36. The highest BCUT2D eigenvalue weighted by Crippen LogP contribution is 2.21. The first-order valence-electron chi connectivity index (χ1n) is 8.18. The second-order valence-electron chi connectivity index (χ2n) is 5.50. The number of carbonyl (C=O) groups is 1. The molecule has 0 aliphatic rings. The Bertz CT molecular complexity index is 446. The SMILES string of the molecule is CCCCCCCOC(=O)CCCOc1ccc(Cl)cc1C.